The summed E-state index contributed by atoms with van der Waals surface area (Å²) in [4.78, 5) is 33.0. The summed E-state index contributed by atoms with van der Waals surface area (Å²) < 4.78 is 14.3. The topological polar surface area (TPSA) is 96.4 Å². The van der Waals surface area contributed by atoms with Gasteiger partial charge in [0.15, 0.2) is 0 Å². The van der Waals surface area contributed by atoms with E-state index in [4.69, 9.17) is 9.47 Å². The molecule has 7 heteroatoms. The zero-order valence-electron chi connectivity index (χ0n) is 22.1. The normalized spacial score (nSPS) is 39.5. The van der Waals surface area contributed by atoms with E-state index in [0.717, 1.165) is 24.8 Å². The molecule has 6 nitrogen and oxygen atoms in total. The Morgan fingerprint density at radius 3 is 2.30 bits per heavy atom. The second kappa shape index (κ2) is 10.7. The van der Waals surface area contributed by atoms with Gasteiger partial charge in [-0.2, -0.15) is 0 Å². The summed E-state index contributed by atoms with van der Waals surface area (Å²) in [5.41, 5.74) is -0.363. The van der Waals surface area contributed by atoms with E-state index in [1.165, 1.54) is 0 Å². The molecule has 2 rings (SSSR count). The number of aliphatic hydroxyl groups excluding tert-OH is 2. The van der Waals surface area contributed by atoms with E-state index in [-0.39, 0.29) is 35.9 Å². The number of esters is 1. The molecular weight excluding hydrogens is 527 g/mol. The fourth-order valence-electron chi connectivity index (χ4n) is 5.07. The number of cyclic esters (lactones) is 1. The Hall–Kier alpha value is -0.441. The van der Waals surface area contributed by atoms with E-state index >= 15 is 0 Å². The molecular formula is C26H46O6Sn. The van der Waals surface area contributed by atoms with Crippen molar-refractivity contribution in [2.45, 2.75) is 118 Å². The van der Waals surface area contributed by atoms with Gasteiger partial charge < -0.3 is 0 Å². The van der Waals surface area contributed by atoms with Gasteiger partial charge in [-0.1, -0.05) is 0 Å². The van der Waals surface area contributed by atoms with Crippen molar-refractivity contribution in [2.75, 3.05) is 0 Å². The van der Waals surface area contributed by atoms with Gasteiger partial charge in [-0.15, -0.1) is 0 Å². The van der Waals surface area contributed by atoms with Crippen molar-refractivity contribution >= 4 is 30.1 Å². The molecule has 2 aliphatic rings. The Morgan fingerprint density at radius 1 is 1.12 bits per heavy atom. The number of hydrogen-bond acceptors (Lipinski definition) is 6. The van der Waals surface area contributed by atoms with Crippen LogP contribution in [-0.4, -0.2) is 70.4 Å². The molecule has 0 aromatic rings. The minimum atomic E-state index is -2.28. The maximum absolute atomic E-state index is 13.2. The Bertz CT molecular complexity index is 754. The van der Waals surface area contributed by atoms with Crippen LogP contribution in [0, 0.1) is 17.3 Å². The Balaban J connectivity index is 2.32. The Kier molecular flexibility index (Phi) is 9.31. The first kappa shape index (κ1) is 28.8. The molecule has 2 fully saturated rings. The maximum atomic E-state index is 13.2. The average Bonchev–Trinajstić information content (AvgIpc) is 3.32. The van der Waals surface area contributed by atoms with Crippen LogP contribution in [0.3, 0.4) is 0 Å². The van der Waals surface area contributed by atoms with Crippen molar-refractivity contribution in [3.05, 3.63) is 9.67 Å². The number of rotatable bonds is 2. The van der Waals surface area contributed by atoms with Crippen LogP contribution >= 0.6 is 0 Å². The molecule has 0 unspecified atom stereocenters. The second-order valence-electron chi connectivity index (χ2n) is 12.3. The van der Waals surface area contributed by atoms with Gasteiger partial charge in [0, 0.05) is 0 Å². The van der Waals surface area contributed by atoms with E-state index in [1.54, 1.807) is 20.8 Å². The van der Waals surface area contributed by atoms with Crippen molar-refractivity contribution in [1.82, 2.24) is 0 Å². The third-order valence-electron chi connectivity index (χ3n) is 7.58. The van der Waals surface area contributed by atoms with Gasteiger partial charge in [-0.05, 0) is 0 Å². The number of epoxide rings is 1. The number of ether oxygens (including phenoxy) is 2. The molecule has 0 saturated carbocycles. The predicted octanol–water partition coefficient (Wildman–Crippen LogP) is 4.43. The molecule has 0 radical (unpaired) electrons. The molecule has 0 aromatic carbocycles. The molecule has 0 bridgehead atoms. The third kappa shape index (κ3) is 7.52. The van der Waals surface area contributed by atoms with Gasteiger partial charge in [0.2, 0.25) is 0 Å². The summed E-state index contributed by atoms with van der Waals surface area (Å²) in [6, 6.07) is 0. The summed E-state index contributed by atoms with van der Waals surface area (Å²) in [6.45, 7) is 11.1. The molecule has 2 N–H and O–H groups in total. The quantitative estimate of drug-likeness (QED) is 0.289. The fraction of sp³-hybridized carbons (Fsp3) is 0.846. The average molecular weight is 573 g/mol. The predicted molar refractivity (Wildman–Crippen MR) is 132 cm³/mol. The number of aliphatic hydroxyl groups is 2. The first-order valence-electron chi connectivity index (χ1n) is 12.4. The third-order valence-corrected chi connectivity index (χ3v) is 11.3. The number of Topliss-reactive ketones (excluding diaryl/α,β-unsaturated/α-hetero) is 1. The van der Waals surface area contributed by atoms with Gasteiger partial charge >= 0.3 is 205 Å². The molecule has 2 heterocycles. The molecule has 2 saturated heterocycles. The molecule has 0 aromatic heterocycles. The molecule has 2 aliphatic heterocycles. The van der Waals surface area contributed by atoms with Crippen LogP contribution in [0.2, 0.25) is 14.8 Å². The summed E-state index contributed by atoms with van der Waals surface area (Å²) in [7, 11) is 0. The second-order valence-corrected chi connectivity index (χ2v) is 26.7. The molecule has 0 aliphatic carbocycles. The van der Waals surface area contributed by atoms with E-state index in [2.05, 4.69) is 25.8 Å². The summed E-state index contributed by atoms with van der Waals surface area (Å²) >= 11 is -2.28. The van der Waals surface area contributed by atoms with Crippen molar-refractivity contribution in [1.29, 1.82) is 0 Å². The summed E-state index contributed by atoms with van der Waals surface area (Å²) in [6.07, 6.45) is 0.519. The van der Waals surface area contributed by atoms with Gasteiger partial charge in [0.25, 0.3) is 0 Å². The number of carbonyl (C=O) groups excluding carboxylic acids is 2. The van der Waals surface area contributed by atoms with Crippen LogP contribution in [0.1, 0.15) is 73.6 Å². The Labute approximate surface area is 204 Å². The summed E-state index contributed by atoms with van der Waals surface area (Å²) in [5, 5.41) is 21.6. The van der Waals surface area contributed by atoms with Gasteiger partial charge in [0.1, 0.15) is 0 Å². The minimum absolute atomic E-state index is 0.0174. The summed E-state index contributed by atoms with van der Waals surface area (Å²) in [5.74, 6) is -1.43. The number of carbonyl (C=O) groups is 2. The van der Waals surface area contributed by atoms with Crippen LogP contribution in [0.4, 0.5) is 0 Å². The van der Waals surface area contributed by atoms with Crippen molar-refractivity contribution < 1.29 is 29.3 Å². The van der Waals surface area contributed by atoms with E-state index in [9.17, 15) is 19.8 Å². The number of fused-ring (bicyclic) bond motifs is 1. The van der Waals surface area contributed by atoms with Crippen molar-refractivity contribution in [2.24, 2.45) is 17.3 Å². The standard InChI is InChI=1S/C23H37O6.3CH3.Sn/c1-13(2)16-11-18-23(7,29-18)10-8-9-14(3)20(26)15(4)21(27)22(5,6)17(24)12-19(25)28-16;;;;/h1,14-18,20,24,26H,8-12H2,2-7H3;3*1H3;/t14-,15+,16-,17-,18-,20-,23+;;;;/m0..../s1. The van der Waals surface area contributed by atoms with Gasteiger partial charge in [0.05, 0.1) is 0 Å². The first-order chi connectivity index (χ1) is 15.0. The first-order valence-corrected chi connectivity index (χ1v) is 22.7. The number of hydrogen-bond donors (Lipinski definition) is 2. The molecule has 0 amide bonds. The molecule has 7 atom stereocenters. The van der Waals surface area contributed by atoms with Crippen LogP contribution in [0.5, 0.6) is 0 Å². The van der Waals surface area contributed by atoms with E-state index in [0.29, 0.717) is 6.42 Å². The van der Waals surface area contributed by atoms with Crippen molar-refractivity contribution in [3.8, 4) is 0 Å². The zero-order chi connectivity index (χ0) is 25.4. The molecule has 190 valence electrons. The van der Waals surface area contributed by atoms with Gasteiger partial charge in [-0.25, -0.2) is 0 Å². The van der Waals surface area contributed by atoms with Gasteiger partial charge in [-0.3, -0.25) is 0 Å². The van der Waals surface area contributed by atoms with Crippen LogP contribution in [-0.2, 0) is 19.1 Å². The van der Waals surface area contributed by atoms with Crippen LogP contribution in [0.15, 0.2) is 9.67 Å². The molecule has 33 heavy (non-hydrogen) atoms. The Morgan fingerprint density at radius 2 is 1.73 bits per heavy atom. The van der Waals surface area contributed by atoms with E-state index in [1.807, 2.05) is 13.8 Å². The number of ketones is 1. The van der Waals surface area contributed by atoms with Crippen molar-refractivity contribution in [3.63, 3.8) is 0 Å². The zero-order valence-corrected chi connectivity index (χ0v) is 25.0. The molecule has 0 spiro atoms. The SMILES string of the molecule is C/C(=[CH]\[Sn]([CH3])([CH3])[CH3])[C@@H]1C[C@@H]2O[C@]2(C)CCC[C@H](C)[C@H](O)[C@@H](C)C(=O)C(C)(C)[C@@H](O)CC(=O)O1. The van der Waals surface area contributed by atoms with E-state index < -0.39 is 47.9 Å². The van der Waals surface area contributed by atoms with Crippen LogP contribution < -0.4 is 0 Å². The fourth-order valence-corrected chi connectivity index (χ4v) is 9.50. The monoisotopic (exact) mass is 574 g/mol. The van der Waals surface area contributed by atoms with Crippen LogP contribution in [0.25, 0.3) is 0 Å².